The van der Waals surface area contributed by atoms with E-state index >= 15 is 0 Å². The van der Waals surface area contributed by atoms with Gasteiger partial charge in [0, 0.05) is 26.7 Å². The molecule has 0 saturated heterocycles. The average molecular weight is 337 g/mol. The summed E-state index contributed by atoms with van der Waals surface area (Å²) in [4.78, 5) is 23.2. The zero-order valence-electron chi connectivity index (χ0n) is 14.7. The third-order valence-corrected chi connectivity index (χ3v) is 2.98. The summed E-state index contributed by atoms with van der Waals surface area (Å²) in [7, 11) is 1.60. The van der Waals surface area contributed by atoms with Crippen LogP contribution in [0, 0.1) is 0 Å². The molecular weight excluding hydrogens is 310 g/mol. The van der Waals surface area contributed by atoms with Gasteiger partial charge in [0.1, 0.15) is 5.60 Å². The molecule has 0 radical (unpaired) electrons. The van der Waals surface area contributed by atoms with Gasteiger partial charge in [-0.05, 0) is 26.3 Å². The summed E-state index contributed by atoms with van der Waals surface area (Å²) in [6, 6.07) is 9.33. The minimum atomic E-state index is -0.540. The second-order valence-corrected chi connectivity index (χ2v) is 6.20. The first kappa shape index (κ1) is 19.8. The zero-order valence-corrected chi connectivity index (χ0v) is 14.7. The van der Waals surface area contributed by atoms with Crippen LogP contribution in [0.15, 0.2) is 30.3 Å². The second kappa shape index (κ2) is 9.77. The molecule has 1 aromatic carbocycles. The third kappa shape index (κ3) is 8.38. The Bertz CT molecular complexity index is 514. The number of methoxy groups -OCH3 is 1. The normalized spacial score (nSPS) is 12.2. The zero-order chi connectivity index (χ0) is 18.0. The standard InChI is InChI=1S/C17H27N3O4/c1-17(2,3)24-16(22)19-11-10-18-15(21)20-12-14(23-4)13-8-6-5-7-9-13/h5-9,14H,10-12H2,1-4H3,(H,19,22)(H2,18,20,21)/t14-/m1/s1. The molecule has 7 heteroatoms. The predicted molar refractivity (Wildman–Crippen MR) is 91.8 cm³/mol. The molecule has 0 aliphatic carbocycles. The highest BCUT2D eigenvalue weighted by molar-refractivity contribution is 5.74. The monoisotopic (exact) mass is 337 g/mol. The van der Waals surface area contributed by atoms with Crippen LogP contribution in [0.2, 0.25) is 0 Å². The fourth-order valence-corrected chi connectivity index (χ4v) is 1.91. The topological polar surface area (TPSA) is 88.7 Å². The van der Waals surface area contributed by atoms with Gasteiger partial charge in [-0.25, -0.2) is 9.59 Å². The molecule has 7 nitrogen and oxygen atoms in total. The Balaban J connectivity index is 2.21. The van der Waals surface area contributed by atoms with Gasteiger partial charge in [0.15, 0.2) is 0 Å². The number of urea groups is 1. The van der Waals surface area contributed by atoms with Gasteiger partial charge >= 0.3 is 12.1 Å². The highest BCUT2D eigenvalue weighted by Gasteiger charge is 2.15. The first-order valence-corrected chi connectivity index (χ1v) is 7.88. The van der Waals surface area contributed by atoms with Crippen molar-refractivity contribution in [1.82, 2.24) is 16.0 Å². The number of carbonyl (C=O) groups excluding carboxylic acids is 2. The summed E-state index contributed by atoms with van der Waals surface area (Å²) < 4.78 is 10.5. The number of carbonyl (C=O) groups is 2. The number of amides is 3. The number of rotatable bonds is 7. The molecule has 0 heterocycles. The summed E-state index contributed by atoms with van der Waals surface area (Å²) in [6.07, 6.45) is -0.718. The maximum Gasteiger partial charge on any atom is 0.407 e. The van der Waals surface area contributed by atoms with Crippen molar-refractivity contribution in [2.45, 2.75) is 32.5 Å². The van der Waals surface area contributed by atoms with Crippen LogP contribution >= 0.6 is 0 Å². The molecule has 0 bridgehead atoms. The minimum absolute atomic E-state index is 0.211. The summed E-state index contributed by atoms with van der Waals surface area (Å²) >= 11 is 0. The van der Waals surface area contributed by atoms with E-state index in [2.05, 4.69) is 16.0 Å². The third-order valence-electron chi connectivity index (χ3n) is 2.98. The van der Waals surface area contributed by atoms with Crippen LogP contribution in [0.25, 0.3) is 0 Å². The summed E-state index contributed by atoms with van der Waals surface area (Å²) in [5, 5.41) is 7.96. The lowest BCUT2D eigenvalue weighted by atomic mass is 10.1. The molecule has 1 atom stereocenters. The van der Waals surface area contributed by atoms with Gasteiger partial charge in [-0.15, -0.1) is 0 Å². The molecule has 3 amide bonds. The molecule has 1 aromatic rings. The molecule has 3 N–H and O–H groups in total. The Labute approximate surface area is 143 Å². The van der Waals surface area contributed by atoms with Crippen LogP contribution in [0.3, 0.4) is 0 Å². The molecule has 1 rings (SSSR count). The summed E-state index contributed by atoms with van der Waals surface area (Å²) in [6.45, 7) is 6.31. The Morgan fingerprint density at radius 2 is 1.67 bits per heavy atom. The largest absolute Gasteiger partial charge is 0.444 e. The fourth-order valence-electron chi connectivity index (χ4n) is 1.91. The molecule has 0 aliphatic heterocycles. The van der Waals surface area contributed by atoms with Crippen LogP contribution in [0.5, 0.6) is 0 Å². The van der Waals surface area contributed by atoms with Gasteiger partial charge < -0.3 is 25.4 Å². The first-order chi connectivity index (χ1) is 11.3. The maximum absolute atomic E-state index is 11.7. The molecule has 0 aromatic heterocycles. The van der Waals surface area contributed by atoms with E-state index in [4.69, 9.17) is 9.47 Å². The van der Waals surface area contributed by atoms with Crippen molar-refractivity contribution in [3.8, 4) is 0 Å². The minimum Gasteiger partial charge on any atom is -0.444 e. The summed E-state index contributed by atoms with van der Waals surface area (Å²) in [5.41, 5.74) is 0.452. The van der Waals surface area contributed by atoms with E-state index in [1.165, 1.54) is 0 Å². The Hall–Kier alpha value is -2.28. The lowest BCUT2D eigenvalue weighted by molar-refractivity contribution is 0.0528. The quantitative estimate of drug-likeness (QED) is 0.666. The first-order valence-electron chi connectivity index (χ1n) is 7.88. The molecule has 24 heavy (non-hydrogen) atoms. The molecule has 0 unspecified atom stereocenters. The predicted octanol–water partition coefficient (Wildman–Crippen LogP) is 2.20. The molecule has 0 fully saturated rings. The smallest absolute Gasteiger partial charge is 0.407 e. The lowest BCUT2D eigenvalue weighted by Crippen LogP contribution is -2.42. The van der Waals surface area contributed by atoms with E-state index in [1.54, 1.807) is 27.9 Å². The van der Waals surface area contributed by atoms with E-state index in [0.29, 0.717) is 13.1 Å². The summed E-state index contributed by atoms with van der Waals surface area (Å²) in [5.74, 6) is 0. The van der Waals surface area contributed by atoms with E-state index < -0.39 is 11.7 Å². The van der Waals surface area contributed by atoms with Gasteiger partial charge in [-0.3, -0.25) is 0 Å². The van der Waals surface area contributed by atoms with Gasteiger partial charge in [0.05, 0.1) is 6.10 Å². The van der Waals surface area contributed by atoms with Crippen LogP contribution in [-0.2, 0) is 9.47 Å². The van der Waals surface area contributed by atoms with Crippen molar-refractivity contribution in [2.24, 2.45) is 0 Å². The Morgan fingerprint density at radius 3 is 2.25 bits per heavy atom. The van der Waals surface area contributed by atoms with Crippen molar-refractivity contribution >= 4 is 12.1 Å². The second-order valence-electron chi connectivity index (χ2n) is 6.20. The van der Waals surface area contributed by atoms with Crippen LogP contribution in [0.1, 0.15) is 32.4 Å². The highest BCUT2D eigenvalue weighted by Crippen LogP contribution is 2.14. The fraction of sp³-hybridized carbons (Fsp3) is 0.529. The van der Waals surface area contributed by atoms with Gasteiger partial charge in [0.2, 0.25) is 0 Å². The maximum atomic E-state index is 11.7. The van der Waals surface area contributed by atoms with Gasteiger partial charge in [0.25, 0.3) is 0 Å². The van der Waals surface area contributed by atoms with E-state index in [0.717, 1.165) is 5.56 Å². The van der Waals surface area contributed by atoms with Crippen LogP contribution in [0.4, 0.5) is 9.59 Å². The van der Waals surface area contributed by atoms with Crippen molar-refractivity contribution in [3.63, 3.8) is 0 Å². The van der Waals surface area contributed by atoms with E-state index in [9.17, 15) is 9.59 Å². The number of alkyl carbamates (subject to hydrolysis) is 1. The van der Waals surface area contributed by atoms with E-state index in [1.807, 2.05) is 30.3 Å². The highest BCUT2D eigenvalue weighted by atomic mass is 16.6. The van der Waals surface area contributed by atoms with Gasteiger partial charge in [-0.1, -0.05) is 30.3 Å². The SMILES string of the molecule is CO[C@H](CNC(=O)NCCNC(=O)OC(C)(C)C)c1ccccc1. The van der Waals surface area contributed by atoms with E-state index in [-0.39, 0.29) is 18.7 Å². The van der Waals surface area contributed by atoms with Crippen LogP contribution in [-0.4, -0.2) is 44.5 Å². The van der Waals surface area contributed by atoms with Gasteiger partial charge in [-0.2, -0.15) is 0 Å². The molecular formula is C17H27N3O4. The van der Waals surface area contributed by atoms with Crippen molar-refractivity contribution in [1.29, 1.82) is 0 Å². The molecule has 0 aliphatic rings. The van der Waals surface area contributed by atoms with Crippen LogP contribution < -0.4 is 16.0 Å². The lowest BCUT2D eigenvalue weighted by Gasteiger charge is -2.20. The average Bonchev–Trinajstić information content (AvgIpc) is 2.51. The molecule has 0 saturated carbocycles. The molecule has 0 spiro atoms. The Morgan fingerprint density at radius 1 is 1.04 bits per heavy atom. The molecule has 134 valence electrons. The number of benzene rings is 1. The number of hydrogen-bond donors (Lipinski definition) is 3. The number of ether oxygens (including phenoxy) is 2. The number of nitrogens with one attached hydrogen (secondary N) is 3. The van der Waals surface area contributed by atoms with Crippen molar-refractivity contribution in [2.75, 3.05) is 26.7 Å². The van der Waals surface area contributed by atoms with Crippen molar-refractivity contribution in [3.05, 3.63) is 35.9 Å². The Kier molecular flexibility index (Phi) is 8.05. The number of hydrogen-bond acceptors (Lipinski definition) is 4. The van der Waals surface area contributed by atoms with Crippen molar-refractivity contribution < 1.29 is 19.1 Å².